The number of rotatable bonds is 3. The number of likely N-dealkylation sites (tertiary alicyclic amines) is 1. The molecule has 0 spiro atoms. The number of piperidine rings is 1. The van der Waals surface area contributed by atoms with Gasteiger partial charge in [-0.1, -0.05) is 0 Å². The van der Waals surface area contributed by atoms with Crippen LogP contribution in [-0.2, 0) is 6.54 Å². The molecule has 0 aliphatic carbocycles. The van der Waals surface area contributed by atoms with E-state index >= 15 is 0 Å². The molecule has 2 N–H and O–H groups in total. The molecule has 1 aliphatic heterocycles. The molecule has 1 saturated heterocycles. The van der Waals surface area contributed by atoms with E-state index in [9.17, 15) is 0 Å². The Bertz CT molecular complexity index is 337. The van der Waals surface area contributed by atoms with Gasteiger partial charge in [-0.15, -0.1) is 0 Å². The largest absolute Gasteiger partial charge is 0.330 e. The fourth-order valence-corrected chi connectivity index (χ4v) is 2.23. The van der Waals surface area contributed by atoms with Gasteiger partial charge in [-0.3, -0.25) is 4.90 Å². The lowest BCUT2D eigenvalue weighted by Crippen LogP contribution is -2.35. The van der Waals surface area contributed by atoms with Gasteiger partial charge in [0.15, 0.2) is 0 Å². The summed E-state index contributed by atoms with van der Waals surface area (Å²) in [5.41, 5.74) is 6.66. The lowest BCUT2D eigenvalue weighted by Gasteiger charge is -2.30. The molecule has 1 fully saturated rings. The summed E-state index contributed by atoms with van der Waals surface area (Å²) in [6, 6.07) is 1.92. The van der Waals surface area contributed by atoms with Crippen LogP contribution in [0.4, 0.5) is 0 Å². The van der Waals surface area contributed by atoms with Gasteiger partial charge in [0.05, 0.1) is 5.69 Å². The Kier molecular flexibility index (Phi) is 4.09. The van der Waals surface area contributed by atoms with Crippen molar-refractivity contribution in [3.05, 3.63) is 23.2 Å². The molecular weight excluding hydrogens is 224 g/mol. The molecule has 5 heteroatoms. The van der Waals surface area contributed by atoms with E-state index in [1.807, 2.05) is 6.07 Å². The van der Waals surface area contributed by atoms with Gasteiger partial charge in [0.2, 0.25) is 5.28 Å². The van der Waals surface area contributed by atoms with Crippen molar-refractivity contribution < 1.29 is 0 Å². The second kappa shape index (κ2) is 5.57. The van der Waals surface area contributed by atoms with Gasteiger partial charge in [-0.2, -0.15) is 0 Å². The van der Waals surface area contributed by atoms with Crippen molar-refractivity contribution in [1.82, 2.24) is 14.9 Å². The Morgan fingerprint density at radius 1 is 1.44 bits per heavy atom. The molecule has 16 heavy (non-hydrogen) atoms. The first-order valence-electron chi connectivity index (χ1n) is 5.68. The zero-order valence-electron chi connectivity index (χ0n) is 9.27. The smallest absolute Gasteiger partial charge is 0.222 e. The Labute approximate surface area is 101 Å². The summed E-state index contributed by atoms with van der Waals surface area (Å²) in [6.07, 6.45) is 4.09. The lowest BCUT2D eigenvalue weighted by atomic mass is 9.97. The highest BCUT2D eigenvalue weighted by molar-refractivity contribution is 6.28. The van der Waals surface area contributed by atoms with Crippen molar-refractivity contribution in [2.75, 3.05) is 19.6 Å². The summed E-state index contributed by atoms with van der Waals surface area (Å²) in [5, 5.41) is 0.328. The molecule has 0 saturated carbocycles. The number of hydrogen-bond acceptors (Lipinski definition) is 4. The predicted octanol–water partition coefficient (Wildman–Crippen LogP) is 1.30. The summed E-state index contributed by atoms with van der Waals surface area (Å²) >= 11 is 5.75. The SMILES string of the molecule is NCC1CCN(Cc2ccnc(Cl)n2)CC1. The van der Waals surface area contributed by atoms with Gasteiger partial charge in [0, 0.05) is 12.7 Å². The van der Waals surface area contributed by atoms with Crippen LogP contribution in [0.1, 0.15) is 18.5 Å². The molecule has 1 aromatic heterocycles. The maximum atomic E-state index is 5.75. The summed E-state index contributed by atoms with van der Waals surface area (Å²) < 4.78 is 0. The van der Waals surface area contributed by atoms with Gasteiger partial charge < -0.3 is 5.73 Å². The van der Waals surface area contributed by atoms with Crippen molar-refractivity contribution in [1.29, 1.82) is 0 Å². The molecule has 2 rings (SSSR count). The van der Waals surface area contributed by atoms with E-state index < -0.39 is 0 Å². The Morgan fingerprint density at radius 2 is 2.19 bits per heavy atom. The molecule has 1 aliphatic rings. The molecule has 0 amide bonds. The van der Waals surface area contributed by atoms with Crippen LogP contribution < -0.4 is 5.73 Å². The Hall–Kier alpha value is -0.710. The minimum atomic E-state index is 0.328. The van der Waals surface area contributed by atoms with Crippen LogP contribution in [0.25, 0.3) is 0 Å². The van der Waals surface area contributed by atoms with E-state index in [1.165, 1.54) is 12.8 Å². The molecule has 2 heterocycles. The van der Waals surface area contributed by atoms with E-state index in [-0.39, 0.29) is 0 Å². The van der Waals surface area contributed by atoms with Crippen LogP contribution in [0, 0.1) is 5.92 Å². The highest BCUT2D eigenvalue weighted by atomic mass is 35.5. The van der Waals surface area contributed by atoms with Crippen molar-refractivity contribution >= 4 is 11.6 Å². The average molecular weight is 241 g/mol. The van der Waals surface area contributed by atoms with Gasteiger partial charge in [0.25, 0.3) is 0 Å². The maximum Gasteiger partial charge on any atom is 0.222 e. The second-order valence-electron chi connectivity index (χ2n) is 4.27. The molecular formula is C11H17ClN4. The van der Waals surface area contributed by atoms with Crippen LogP contribution in [0.3, 0.4) is 0 Å². The quantitative estimate of drug-likeness (QED) is 0.810. The predicted molar refractivity (Wildman–Crippen MR) is 64.1 cm³/mol. The van der Waals surface area contributed by atoms with E-state index in [0.29, 0.717) is 11.2 Å². The molecule has 0 atom stereocenters. The molecule has 0 bridgehead atoms. The van der Waals surface area contributed by atoms with Gasteiger partial charge >= 0.3 is 0 Å². The number of nitrogens with zero attached hydrogens (tertiary/aromatic N) is 3. The number of aromatic nitrogens is 2. The third-order valence-corrected chi connectivity index (χ3v) is 3.29. The average Bonchev–Trinajstić information content (AvgIpc) is 2.30. The van der Waals surface area contributed by atoms with Crippen molar-refractivity contribution in [2.45, 2.75) is 19.4 Å². The summed E-state index contributed by atoms with van der Waals surface area (Å²) in [4.78, 5) is 10.5. The van der Waals surface area contributed by atoms with Crippen molar-refractivity contribution in [3.63, 3.8) is 0 Å². The molecule has 0 aromatic carbocycles. The minimum absolute atomic E-state index is 0.328. The van der Waals surface area contributed by atoms with Gasteiger partial charge in [-0.05, 0) is 56.1 Å². The highest BCUT2D eigenvalue weighted by Gasteiger charge is 2.18. The van der Waals surface area contributed by atoms with E-state index in [2.05, 4.69) is 14.9 Å². The van der Waals surface area contributed by atoms with Crippen LogP contribution in [-0.4, -0.2) is 34.5 Å². The van der Waals surface area contributed by atoms with E-state index in [0.717, 1.165) is 31.9 Å². The normalized spacial score (nSPS) is 18.9. The third kappa shape index (κ3) is 3.14. The topological polar surface area (TPSA) is 55.0 Å². The van der Waals surface area contributed by atoms with Crippen LogP contribution in [0.15, 0.2) is 12.3 Å². The van der Waals surface area contributed by atoms with Gasteiger partial charge in [-0.25, -0.2) is 9.97 Å². The number of halogens is 1. The Balaban J connectivity index is 1.87. The first kappa shape index (κ1) is 11.8. The van der Waals surface area contributed by atoms with Crippen LogP contribution >= 0.6 is 11.6 Å². The second-order valence-corrected chi connectivity index (χ2v) is 4.61. The standard InChI is InChI=1S/C11H17ClN4/c12-11-14-4-1-10(15-11)8-16-5-2-9(7-13)3-6-16/h1,4,9H,2-3,5-8,13H2. The van der Waals surface area contributed by atoms with E-state index in [1.54, 1.807) is 6.20 Å². The van der Waals surface area contributed by atoms with E-state index in [4.69, 9.17) is 17.3 Å². The number of hydrogen-bond donors (Lipinski definition) is 1. The summed E-state index contributed by atoms with van der Waals surface area (Å²) in [5.74, 6) is 0.699. The summed E-state index contributed by atoms with van der Waals surface area (Å²) in [6.45, 7) is 3.87. The first-order chi connectivity index (χ1) is 7.78. The maximum absolute atomic E-state index is 5.75. The fourth-order valence-electron chi connectivity index (χ4n) is 2.07. The zero-order valence-corrected chi connectivity index (χ0v) is 10.0. The lowest BCUT2D eigenvalue weighted by molar-refractivity contribution is 0.178. The Morgan fingerprint density at radius 3 is 2.81 bits per heavy atom. The first-order valence-corrected chi connectivity index (χ1v) is 6.05. The van der Waals surface area contributed by atoms with Gasteiger partial charge in [0.1, 0.15) is 0 Å². The zero-order chi connectivity index (χ0) is 11.4. The van der Waals surface area contributed by atoms with Crippen LogP contribution in [0.2, 0.25) is 5.28 Å². The molecule has 0 unspecified atom stereocenters. The highest BCUT2D eigenvalue weighted by Crippen LogP contribution is 2.17. The molecule has 0 radical (unpaired) electrons. The third-order valence-electron chi connectivity index (χ3n) is 3.11. The monoisotopic (exact) mass is 240 g/mol. The molecule has 4 nitrogen and oxygen atoms in total. The van der Waals surface area contributed by atoms with Crippen molar-refractivity contribution in [3.8, 4) is 0 Å². The number of nitrogens with two attached hydrogens (primary N) is 1. The summed E-state index contributed by atoms with van der Waals surface area (Å²) in [7, 11) is 0. The fraction of sp³-hybridized carbons (Fsp3) is 0.636. The molecule has 88 valence electrons. The van der Waals surface area contributed by atoms with Crippen molar-refractivity contribution in [2.24, 2.45) is 11.7 Å². The minimum Gasteiger partial charge on any atom is -0.330 e. The molecule has 1 aromatic rings. The van der Waals surface area contributed by atoms with Crippen LogP contribution in [0.5, 0.6) is 0 Å².